The zero-order chi connectivity index (χ0) is 36.4. The van der Waals surface area contributed by atoms with Gasteiger partial charge in [-0.15, -0.1) is 21.5 Å². The van der Waals surface area contributed by atoms with Crippen molar-refractivity contribution >= 4 is 46.6 Å². The molecule has 270 valence electrons. The van der Waals surface area contributed by atoms with Gasteiger partial charge < -0.3 is 9.80 Å². The second-order valence-electron chi connectivity index (χ2n) is 14.0. The van der Waals surface area contributed by atoms with Gasteiger partial charge in [0.25, 0.3) is 5.91 Å². The van der Waals surface area contributed by atoms with Crippen molar-refractivity contribution in [2.24, 2.45) is 0 Å². The Hall–Kier alpha value is -4.50. The lowest BCUT2D eigenvalue weighted by molar-refractivity contribution is -0.137. The van der Waals surface area contributed by atoms with Crippen LogP contribution in [0.15, 0.2) is 36.4 Å². The van der Waals surface area contributed by atoms with E-state index in [1.54, 1.807) is 23.5 Å². The fourth-order valence-corrected chi connectivity index (χ4v) is 9.27. The summed E-state index contributed by atoms with van der Waals surface area (Å²) in [5, 5.41) is 16.8. The molecule has 4 amide bonds. The summed E-state index contributed by atoms with van der Waals surface area (Å²) < 4.78 is 18.0. The molecule has 2 saturated heterocycles. The zero-order valence-electron chi connectivity index (χ0n) is 29.0. The Morgan fingerprint density at radius 3 is 2.50 bits per heavy atom. The number of fused-ring (bicyclic) bond motifs is 4. The zero-order valence-corrected chi connectivity index (χ0v) is 30.6. The Bertz CT molecular complexity index is 2130. The minimum atomic E-state index is -0.802. The van der Waals surface area contributed by atoms with E-state index in [0.717, 1.165) is 22.0 Å². The lowest BCUT2D eigenvalue weighted by atomic mass is 9.96. The molecule has 2 fully saturated rings. The molecule has 12 nitrogen and oxygen atoms in total. The Balaban J connectivity index is 0.950. The minimum Gasteiger partial charge on any atom is -0.340 e. The number of nitrogens with zero attached hydrogens (tertiary/aromatic N) is 6. The third-order valence-electron chi connectivity index (χ3n) is 10.9. The first-order chi connectivity index (χ1) is 25.0. The molecule has 0 radical (unpaired) electrons. The van der Waals surface area contributed by atoms with Gasteiger partial charge in [0, 0.05) is 77.7 Å². The molecule has 2 unspecified atom stereocenters. The van der Waals surface area contributed by atoms with Crippen LogP contribution in [0.3, 0.4) is 0 Å². The molecule has 4 aliphatic heterocycles. The van der Waals surface area contributed by atoms with E-state index in [9.17, 15) is 19.2 Å². The number of halogens is 2. The molecule has 15 heteroatoms. The fraction of sp³-hybridized carbons (Fsp3) is 0.405. The van der Waals surface area contributed by atoms with Gasteiger partial charge >= 0.3 is 0 Å². The van der Waals surface area contributed by atoms with E-state index in [1.165, 1.54) is 15.3 Å². The SMILES string of the molecule is Cc1sc2c(c1C)[C@H](c1ccc(Cl)cc1)NC(CC(=O)N1CCN(Cc3ccc4c(c3F)CN(C3CCC(=O)NC3=O)C4=O)CC1)c1nnc(C)n1-2. The molecule has 0 aliphatic carbocycles. The third-order valence-corrected chi connectivity index (χ3v) is 12.3. The number of imide groups is 1. The van der Waals surface area contributed by atoms with Crippen LogP contribution >= 0.6 is 22.9 Å². The number of piperidine rings is 1. The number of carbonyl (C=O) groups excluding carboxylic acids is 4. The number of nitrogens with one attached hydrogen (secondary N) is 2. The predicted molar refractivity (Wildman–Crippen MR) is 192 cm³/mol. The number of piperazine rings is 1. The van der Waals surface area contributed by atoms with E-state index in [4.69, 9.17) is 11.6 Å². The molecule has 2 aromatic carbocycles. The van der Waals surface area contributed by atoms with Crippen molar-refractivity contribution in [2.45, 2.75) is 71.2 Å². The van der Waals surface area contributed by atoms with Gasteiger partial charge in [0.05, 0.1) is 18.6 Å². The van der Waals surface area contributed by atoms with Gasteiger partial charge in [0.1, 0.15) is 22.7 Å². The smallest absolute Gasteiger partial charge is 0.255 e. The van der Waals surface area contributed by atoms with Crippen LogP contribution in [0.2, 0.25) is 5.02 Å². The molecular weight excluding hydrogens is 707 g/mol. The van der Waals surface area contributed by atoms with Gasteiger partial charge in [-0.3, -0.25) is 39.3 Å². The summed E-state index contributed by atoms with van der Waals surface area (Å²) in [6.45, 7) is 8.56. The number of rotatable bonds is 6. The molecule has 2 N–H and O–H groups in total. The quantitative estimate of drug-likeness (QED) is 0.280. The standard InChI is InChI=1S/C37H38ClFN8O4S/c1-19-20(2)52-37-31(19)33(22-4-7-24(38)8-5-22)40-27(34-43-42-21(3)47(34)37)16-30(49)45-14-12-44(13-15-45)17-23-6-9-25-26(32(23)39)18-46(36(25)51)28-10-11-29(48)41-35(28)50/h4-9,27-28,33,40H,10-18H2,1-3H3,(H,41,48,50)/t27?,28?,33-/m0/s1. The molecule has 3 atom stereocenters. The number of thiophene rings is 1. The van der Waals surface area contributed by atoms with Gasteiger partial charge in [-0.25, -0.2) is 4.39 Å². The van der Waals surface area contributed by atoms with Crippen molar-refractivity contribution < 1.29 is 23.6 Å². The van der Waals surface area contributed by atoms with E-state index in [0.29, 0.717) is 49.1 Å². The molecule has 0 saturated carbocycles. The predicted octanol–water partition coefficient (Wildman–Crippen LogP) is 4.28. The van der Waals surface area contributed by atoms with E-state index in [-0.39, 0.29) is 54.8 Å². The lowest BCUT2D eigenvalue weighted by Crippen LogP contribution is -2.52. The second kappa shape index (κ2) is 13.5. The number of aromatic nitrogens is 3. The minimum absolute atomic E-state index is 0.00636. The van der Waals surface area contributed by atoms with Gasteiger partial charge in [-0.05, 0) is 56.5 Å². The average molecular weight is 745 g/mol. The van der Waals surface area contributed by atoms with E-state index in [2.05, 4.69) is 44.1 Å². The van der Waals surface area contributed by atoms with Gasteiger partial charge in [0.15, 0.2) is 5.82 Å². The highest BCUT2D eigenvalue weighted by Crippen LogP contribution is 2.43. The molecular formula is C37H38ClFN8O4S. The summed E-state index contributed by atoms with van der Waals surface area (Å²) in [4.78, 5) is 57.6. The first-order valence-corrected chi connectivity index (χ1v) is 18.7. The Morgan fingerprint density at radius 1 is 1.02 bits per heavy atom. The molecule has 0 bridgehead atoms. The second-order valence-corrected chi connectivity index (χ2v) is 15.6. The third kappa shape index (κ3) is 6.00. The summed E-state index contributed by atoms with van der Waals surface area (Å²) in [6.07, 6.45) is 0.541. The van der Waals surface area contributed by atoms with Crippen LogP contribution in [0.1, 0.15) is 86.0 Å². The van der Waals surface area contributed by atoms with Gasteiger partial charge in [0.2, 0.25) is 17.7 Å². The molecule has 4 aromatic rings. The summed E-state index contributed by atoms with van der Waals surface area (Å²) >= 11 is 7.96. The number of benzene rings is 2. The van der Waals surface area contributed by atoms with E-state index >= 15 is 4.39 Å². The Kier molecular flexibility index (Phi) is 8.97. The lowest BCUT2D eigenvalue weighted by Gasteiger charge is -2.35. The van der Waals surface area contributed by atoms with E-state index < -0.39 is 29.7 Å². The Morgan fingerprint density at radius 2 is 1.77 bits per heavy atom. The topological polar surface area (TPSA) is 133 Å². The fourth-order valence-electron chi connectivity index (χ4n) is 7.89. The van der Waals surface area contributed by atoms with Crippen LogP contribution in [0.4, 0.5) is 4.39 Å². The van der Waals surface area contributed by atoms with Crippen molar-refractivity contribution in [2.75, 3.05) is 26.2 Å². The van der Waals surface area contributed by atoms with Crippen LogP contribution in [0, 0.1) is 26.6 Å². The maximum atomic E-state index is 15.9. The summed E-state index contributed by atoms with van der Waals surface area (Å²) in [5.74, 6) is -0.301. The van der Waals surface area contributed by atoms with Crippen molar-refractivity contribution in [1.82, 2.24) is 40.1 Å². The van der Waals surface area contributed by atoms with Crippen molar-refractivity contribution in [3.05, 3.63) is 97.1 Å². The first-order valence-electron chi connectivity index (χ1n) is 17.5. The van der Waals surface area contributed by atoms with Crippen LogP contribution < -0.4 is 10.6 Å². The number of hydrogen-bond donors (Lipinski definition) is 2. The van der Waals surface area contributed by atoms with Crippen molar-refractivity contribution in [3.63, 3.8) is 0 Å². The number of carbonyl (C=O) groups is 4. The highest BCUT2D eigenvalue weighted by atomic mass is 35.5. The molecule has 0 spiro atoms. The number of amides is 4. The first kappa shape index (κ1) is 34.6. The molecule has 4 aliphatic rings. The molecule has 2 aromatic heterocycles. The van der Waals surface area contributed by atoms with E-state index in [1.807, 2.05) is 36.1 Å². The summed E-state index contributed by atoms with van der Waals surface area (Å²) in [5.41, 5.74) is 4.35. The summed E-state index contributed by atoms with van der Waals surface area (Å²) in [7, 11) is 0. The van der Waals surface area contributed by atoms with Gasteiger partial charge in [-0.2, -0.15) is 0 Å². The normalized spacial score (nSPS) is 21.9. The molecule has 52 heavy (non-hydrogen) atoms. The van der Waals surface area contributed by atoms with Crippen LogP contribution in [-0.4, -0.2) is 85.3 Å². The van der Waals surface area contributed by atoms with Gasteiger partial charge in [-0.1, -0.05) is 29.8 Å². The monoisotopic (exact) mass is 744 g/mol. The van der Waals surface area contributed by atoms with Crippen LogP contribution in [-0.2, 0) is 27.5 Å². The highest BCUT2D eigenvalue weighted by molar-refractivity contribution is 7.14. The van der Waals surface area contributed by atoms with Crippen LogP contribution in [0.5, 0.6) is 0 Å². The Labute approximate surface area is 308 Å². The summed E-state index contributed by atoms with van der Waals surface area (Å²) in [6, 6.07) is 9.65. The number of aryl methyl sites for hydroxylation is 2. The van der Waals surface area contributed by atoms with Crippen molar-refractivity contribution in [1.29, 1.82) is 0 Å². The number of hydrogen-bond acceptors (Lipinski definition) is 9. The van der Waals surface area contributed by atoms with Crippen molar-refractivity contribution in [3.8, 4) is 5.00 Å². The maximum absolute atomic E-state index is 15.9. The largest absolute Gasteiger partial charge is 0.340 e. The molecule has 8 rings (SSSR count). The average Bonchev–Trinajstić information content (AvgIpc) is 3.74. The molecule has 6 heterocycles. The maximum Gasteiger partial charge on any atom is 0.255 e. The van der Waals surface area contributed by atoms with Crippen LogP contribution in [0.25, 0.3) is 5.00 Å². The highest BCUT2D eigenvalue weighted by Gasteiger charge is 2.41.